The van der Waals surface area contributed by atoms with Crippen molar-refractivity contribution in [3.05, 3.63) is 40.8 Å². The molecule has 1 saturated heterocycles. The van der Waals surface area contributed by atoms with Crippen molar-refractivity contribution in [2.24, 2.45) is 0 Å². The molecule has 1 aliphatic carbocycles. The summed E-state index contributed by atoms with van der Waals surface area (Å²) in [4.78, 5) is 35.0. The molecule has 1 aliphatic heterocycles. The van der Waals surface area contributed by atoms with Crippen LogP contribution in [0.3, 0.4) is 0 Å². The van der Waals surface area contributed by atoms with E-state index in [1.54, 1.807) is 4.90 Å². The van der Waals surface area contributed by atoms with Crippen molar-refractivity contribution in [3.63, 3.8) is 0 Å². The molecule has 1 aromatic carbocycles. The Balaban J connectivity index is 1.37. The number of hydrogen-bond donors (Lipinski definition) is 1. The van der Waals surface area contributed by atoms with Crippen molar-refractivity contribution in [1.82, 2.24) is 14.9 Å². The van der Waals surface area contributed by atoms with Crippen molar-refractivity contribution in [1.29, 1.82) is 0 Å². The van der Waals surface area contributed by atoms with Crippen molar-refractivity contribution in [2.75, 3.05) is 25.5 Å². The second-order valence-electron chi connectivity index (χ2n) is 9.80. The number of nitrogens with zero attached hydrogens (tertiary/aromatic N) is 3. The minimum absolute atomic E-state index is 0.0154. The molecule has 188 valence electrons. The molecule has 0 spiro atoms. The normalized spacial score (nSPS) is 16.5. The predicted molar refractivity (Wildman–Crippen MR) is 132 cm³/mol. The monoisotopic (exact) mass is 502 g/mol. The van der Waals surface area contributed by atoms with E-state index < -0.39 is 11.6 Å². The second-order valence-corrected chi connectivity index (χ2v) is 10.2. The van der Waals surface area contributed by atoms with Gasteiger partial charge in [-0.3, -0.25) is 0 Å². The standard InChI is InChI=1S/C25H31ClN4O5/c1-25(2,3)35-24(32)30-13-11-18(12-14-30)34-17-9-7-16(8-10-17)27-22-20(23(31)33-4)28-21(26)19(29-22)15-5-6-15/h7-10,15,18H,5-6,11-14H2,1-4H3,(H,27,29). The lowest BCUT2D eigenvalue weighted by Crippen LogP contribution is -2.44. The zero-order valence-corrected chi connectivity index (χ0v) is 21.2. The van der Waals surface area contributed by atoms with Crippen LogP contribution in [0.4, 0.5) is 16.3 Å². The number of ether oxygens (including phenoxy) is 3. The van der Waals surface area contributed by atoms with Crippen molar-refractivity contribution in [3.8, 4) is 5.75 Å². The SMILES string of the molecule is COC(=O)c1nc(Cl)c(C2CC2)nc1Nc1ccc(OC2CCN(C(=O)OC(C)(C)C)CC2)cc1. The van der Waals surface area contributed by atoms with Gasteiger partial charge in [-0.05, 0) is 57.9 Å². The van der Waals surface area contributed by atoms with Crippen LogP contribution in [0, 0.1) is 0 Å². The van der Waals surface area contributed by atoms with E-state index in [9.17, 15) is 9.59 Å². The third-order valence-electron chi connectivity index (χ3n) is 5.73. The Morgan fingerprint density at radius 3 is 2.29 bits per heavy atom. The van der Waals surface area contributed by atoms with Gasteiger partial charge >= 0.3 is 12.1 Å². The number of rotatable bonds is 6. The summed E-state index contributed by atoms with van der Waals surface area (Å²) in [6, 6.07) is 7.40. The lowest BCUT2D eigenvalue weighted by molar-refractivity contribution is 0.0126. The molecule has 4 rings (SSSR count). The topological polar surface area (TPSA) is 103 Å². The fraction of sp³-hybridized carbons (Fsp3) is 0.520. The van der Waals surface area contributed by atoms with Gasteiger partial charge in [0.25, 0.3) is 0 Å². The molecule has 1 saturated carbocycles. The summed E-state index contributed by atoms with van der Waals surface area (Å²) >= 11 is 6.25. The smallest absolute Gasteiger partial charge is 0.410 e. The number of methoxy groups -OCH3 is 1. The van der Waals surface area contributed by atoms with E-state index in [1.807, 2.05) is 45.0 Å². The van der Waals surface area contributed by atoms with Crippen LogP contribution in [0.1, 0.15) is 68.6 Å². The molecular formula is C25H31ClN4O5. The number of amides is 1. The fourth-order valence-corrected chi connectivity index (χ4v) is 4.08. The minimum atomic E-state index is -0.609. The quantitative estimate of drug-likeness (QED) is 0.529. The molecule has 10 heteroatoms. The molecule has 1 amide bonds. The maximum atomic E-state index is 12.2. The molecule has 1 N–H and O–H groups in total. The third kappa shape index (κ3) is 6.54. The fourth-order valence-electron chi connectivity index (χ4n) is 3.80. The number of anilines is 2. The van der Waals surface area contributed by atoms with Gasteiger partial charge in [0.15, 0.2) is 16.7 Å². The summed E-state index contributed by atoms with van der Waals surface area (Å²) in [5.74, 6) is 0.702. The Hall–Kier alpha value is -3.07. The van der Waals surface area contributed by atoms with Gasteiger partial charge in [0.2, 0.25) is 0 Å². The number of carbonyl (C=O) groups is 2. The number of aromatic nitrogens is 2. The lowest BCUT2D eigenvalue weighted by atomic mass is 10.1. The van der Waals surface area contributed by atoms with Gasteiger partial charge in [-0.15, -0.1) is 0 Å². The zero-order chi connectivity index (χ0) is 25.2. The Morgan fingerprint density at radius 1 is 1.06 bits per heavy atom. The highest BCUT2D eigenvalue weighted by Gasteiger charge is 2.31. The first-order chi connectivity index (χ1) is 16.6. The van der Waals surface area contributed by atoms with E-state index in [4.69, 9.17) is 25.8 Å². The van der Waals surface area contributed by atoms with E-state index in [2.05, 4.69) is 15.3 Å². The van der Waals surface area contributed by atoms with E-state index in [-0.39, 0.29) is 29.0 Å². The molecule has 35 heavy (non-hydrogen) atoms. The molecule has 2 aliphatic rings. The van der Waals surface area contributed by atoms with Gasteiger partial charge in [0.1, 0.15) is 17.5 Å². The Bertz CT molecular complexity index is 1070. The summed E-state index contributed by atoms with van der Waals surface area (Å²) in [6.07, 6.45) is 3.20. The lowest BCUT2D eigenvalue weighted by Gasteiger charge is -2.33. The number of piperidine rings is 1. The van der Waals surface area contributed by atoms with Crippen LogP contribution in [0.25, 0.3) is 0 Å². The first kappa shape index (κ1) is 25.0. The molecule has 9 nitrogen and oxygen atoms in total. The van der Waals surface area contributed by atoms with Crippen LogP contribution in [0.5, 0.6) is 5.75 Å². The number of likely N-dealkylation sites (tertiary alicyclic amines) is 1. The van der Waals surface area contributed by atoms with Crippen LogP contribution in [0.15, 0.2) is 24.3 Å². The van der Waals surface area contributed by atoms with Gasteiger partial charge in [-0.2, -0.15) is 0 Å². The number of hydrogen-bond acceptors (Lipinski definition) is 8. The number of benzene rings is 1. The van der Waals surface area contributed by atoms with Gasteiger partial charge < -0.3 is 24.4 Å². The van der Waals surface area contributed by atoms with Crippen LogP contribution >= 0.6 is 11.6 Å². The van der Waals surface area contributed by atoms with Crippen molar-refractivity contribution < 1.29 is 23.8 Å². The highest BCUT2D eigenvalue weighted by molar-refractivity contribution is 6.30. The summed E-state index contributed by atoms with van der Waals surface area (Å²) in [5, 5.41) is 3.40. The molecule has 2 fully saturated rings. The summed E-state index contributed by atoms with van der Waals surface area (Å²) in [6.45, 7) is 6.77. The van der Waals surface area contributed by atoms with Crippen molar-refractivity contribution >= 4 is 35.2 Å². The van der Waals surface area contributed by atoms with E-state index in [1.165, 1.54) is 7.11 Å². The summed E-state index contributed by atoms with van der Waals surface area (Å²) in [5.41, 5.74) is 0.952. The first-order valence-electron chi connectivity index (χ1n) is 11.8. The van der Waals surface area contributed by atoms with Gasteiger partial charge in [-0.25, -0.2) is 19.6 Å². The van der Waals surface area contributed by atoms with Crippen LogP contribution < -0.4 is 10.1 Å². The molecule has 2 heterocycles. The van der Waals surface area contributed by atoms with Crippen LogP contribution in [-0.2, 0) is 9.47 Å². The van der Waals surface area contributed by atoms with E-state index >= 15 is 0 Å². The first-order valence-corrected chi connectivity index (χ1v) is 12.2. The maximum absolute atomic E-state index is 12.2. The number of nitrogens with one attached hydrogen (secondary N) is 1. The second kappa shape index (κ2) is 10.3. The maximum Gasteiger partial charge on any atom is 0.410 e. The number of carbonyl (C=O) groups excluding carboxylic acids is 2. The Kier molecular flexibility index (Phi) is 7.35. The van der Waals surface area contributed by atoms with Gasteiger partial charge in [0, 0.05) is 37.5 Å². The molecule has 0 atom stereocenters. The zero-order valence-electron chi connectivity index (χ0n) is 20.5. The van der Waals surface area contributed by atoms with Crippen LogP contribution in [-0.4, -0.2) is 58.8 Å². The highest BCUT2D eigenvalue weighted by atomic mass is 35.5. The minimum Gasteiger partial charge on any atom is -0.490 e. The molecule has 1 aromatic heterocycles. The average Bonchev–Trinajstić information content (AvgIpc) is 3.65. The molecule has 0 bridgehead atoms. The number of halogens is 1. The van der Waals surface area contributed by atoms with E-state index in [0.29, 0.717) is 24.6 Å². The molecular weight excluding hydrogens is 472 g/mol. The Labute approximate surface area is 210 Å². The largest absolute Gasteiger partial charge is 0.490 e. The van der Waals surface area contributed by atoms with Crippen molar-refractivity contribution in [2.45, 2.75) is 64.1 Å². The third-order valence-corrected chi connectivity index (χ3v) is 6.01. The van der Waals surface area contributed by atoms with E-state index in [0.717, 1.165) is 37.1 Å². The number of esters is 1. The van der Waals surface area contributed by atoms with Crippen LogP contribution in [0.2, 0.25) is 5.15 Å². The highest BCUT2D eigenvalue weighted by Crippen LogP contribution is 2.42. The summed E-state index contributed by atoms with van der Waals surface area (Å²) in [7, 11) is 1.29. The molecule has 0 radical (unpaired) electrons. The predicted octanol–water partition coefficient (Wildman–Crippen LogP) is 5.32. The summed E-state index contributed by atoms with van der Waals surface area (Å²) < 4.78 is 16.4. The molecule has 2 aromatic rings. The Morgan fingerprint density at radius 2 is 1.71 bits per heavy atom. The molecule has 0 unspecified atom stereocenters. The van der Waals surface area contributed by atoms with Gasteiger partial charge in [-0.1, -0.05) is 11.6 Å². The average molecular weight is 503 g/mol. The van der Waals surface area contributed by atoms with Gasteiger partial charge in [0.05, 0.1) is 12.8 Å².